The number of benzene rings is 2. The molecule has 1 heterocycles. The molecule has 0 radical (unpaired) electrons. The van der Waals surface area contributed by atoms with Gasteiger partial charge in [-0.2, -0.15) is 0 Å². The first kappa shape index (κ1) is 18.4. The van der Waals surface area contributed by atoms with Gasteiger partial charge in [-0.15, -0.1) is 0 Å². The second-order valence-electron chi connectivity index (χ2n) is 5.44. The lowest BCUT2D eigenvalue weighted by Gasteiger charge is -2.14. The zero-order chi connectivity index (χ0) is 18.7. The van der Waals surface area contributed by atoms with Gasteiger partial charge in [-0.3, -0.25) is 9.69 Å². The van der Waals surface area contributed by atoms with Crippen LogP contribution in [-0.4, -0.2) is 24.7 Å². The van der Waals surface area contributed by atoms with Crippen molar-refractivity contribution in [3.8, 4) is 11.5 Å². The number of hydrogen-bond donors (Lipinski definition) is 1. The summed E-state index contributed by atoms with van der Waals surface area (Å²) in [5.41, 5.74) is 1.86. The van der Waals surface area contributed by atoms with E-state index in [1.165, 1.54) is 4.90 Å². The normalized spacial score (nSPS) is 15.3. The van der Waals surface area contributed by atoms with E-state index in [2.05, 4.69) is 21.2 Å². The number of amides is 1. The maximum absolute atomic E-state index is 12.9. The van der Waals surface area contributed by atoms with Gasteiger partial charge in [-0.05, 0) is 67.7 Å². The summed E-state index contributed by atoms with van der Waals surface area (Å²) < 4.78 is 11.7. The summed E-state index contributed by atoms with van der Waals surface area (Å²) in [5.74, 6) is 1.19. The number of nitrogens with zero attached hydrogens (tertiary/aromatic N) is 1. The highest BCUT2D eigenvalue weighted by Crippen LogP contribution is 2.28. The van der Waals surface area contributed by atoms with Crippen LogP contribution in [0.3, 0.4) is 0 Å². The fourth-order valence-electron chi connectivity index (χ4n) is 2.58. The quantitative estimate of drug-likeness (QED) is 0.568. The number of nitrogens with one attached hydrogen (secondary N) is 1. The molecule has 3 rings (SSSR count). The molecule has 0 aromatic heterocycles. The highest BCUT2D eigenvalue weighted by molar-refractivity contribution is 9.10. The SMILES string of the molecule is CCOc1ccc(Br)cc1C=C1NC(=S)N(c2ccc(OC)cc2)C1=O. The van der Waals surface area contributed by atoms with Gasteiger partial charge in [-0.1, -0.05) is 15.9 Å². The average molecular weight is 433 g/mol. The molecular formula is C19H17BrN2O3S. The van der Waals surface area contributed by atoms with Crippen LogP contribution in [0.4, 0.5) is 5.69 Å². The van der Waals surface area contributed by atoms with Crippen LogP contribution in [0, 0.1) is 0 Å². The summed E-state index contributed by atoms with van der Waals surface area (Å²) in [4.78, 5) is 14.3. The Hall–Kier alpha value is -2.38. The molecule has 1 aliphatic rings. The van der Waals surface area contributed by atoms with Crippen molar-refractivity contribution in [3.63, 3.8) is 0 Å². The van der Waals surface area contributed by atoms with Crippen molar-refractivity contribution in [2.75, 3.05) is 18.6 Å². The second-order valence-corrected chi connectivity index (χ2v) is 6.74. The molecule has 7 heteroatoms. The van der Waals surface area contributed by atoms with Crippen molar-refractivity contribution >= 4 is 50.9 Å². The molecule has 1 aliphatic heterocycles. The van der Waals surface area contributed by atoms with Crippen LogP contribution in [0.5, 0.6) is 11.5 Å². The summed E-state index contributed by atoms with van der Waals surface area (Å²) in [6.07, 6.45) is 1.74. The number of carbonyl (C=O) groups is 1. The molecule has 0 bridgehead atoms. The standard InChI is InChI=1S/C19H17BrN2O3S/c1-3-25-17-9-4-13(20)10-12(17)11-16-18(23)22(19(26)21-16)14-5-7-15(24-2)8-6-14/h4-11H,3H2,1-2H3,(H,21,26). The summed E-state index contributed by atoms with van der Waals surface area (Å²) in [7, 11) is 1.59. The third-order valence-corrected chi connectivity index (χ3v) is 4.56. The molecule has 1 fully saturated rings. The smallest absolute Gasteiger partial charge is 0.281 e. The van der Waals surface area contributed by atoms with Gasteiger partial charge >= 0.3 is 0 Å². The maximum Gasteiger partial charge on any atom is 0.281 e. The Morgan fingerprint density at radius 1 is 1.23 bits per heavy atom. The van der Waals surface area contributed by atoms with Crippen molar-refractivity contribution in [2.24, 2.45) is 0 Å². The van der Waals surface area contributed by atoms with Gasteiger partial charge in [0.25, 0.3) is 5.91 Å². The van der Waals surface area contributed by atoms with Crippen LogP contribution >= 0.6 is 28.1 Å². The summed E-state index contributed by atoms with van der Waals surface area (Å²) in [6.45, 7) is 2.45. The average Bonchev–Trinajstić information content (AvgIpc) is 2.91. The molecule has 0 atom stereocenters. The van der Waals surface area contributed by atoms with Gasteiger partial charge in [0.1, 0.15) is 17.2 Å². The van der Waals surface area contributed by atoms with E-state index in [9.17, 15) is 4.79 Å². The lowest BCUT2D eigenvalue weighted by Crippen LogP contribution is -2.30. The first-order chi connectivity index (χ1) is 12.5. The van der Waals surface area contributed by atoms with Crippen LogP contribution in [0.25, 0.3) is 6.08 Å². The topological polar surface area (TPSA) is 50.8 Å². The summed E-state index contributed by atoms with van der Waals surface area (Å²) >= 11 is 8.79. The van der Waals surface area contributed by atoms with E-state index in [1.807, 2.05) is 25.1 Å². The molecule has 0 aliphatic carbocycles. The predicted molar refractivity (Wildman–Crippen MR) is 110 cm³/mol. The van der Waals surface area contributed by atoms with E-state index in [0.717, 1.165) is 10.0 Å². The Kier molecular flexibility index (Phi) is 5.58. The predicted octanol–water partition coefficient (Wildman–Crippen LogP) is 4.12. The number of carbonyl (C=O) groups excluding carboxylic acids is 1. The first-order valence-electron chi connectivity index (χ1n) is 7.97. The Labute approximate surface area is 165 Å². The largest absolute Gasteiger partial charge is 0.497 e. The molecule has 0 unspecified atom stereocenters. The third kappa shape index (κ3) is 3.73. The number of hydrogen-bond acceptors (Lipinski definition) is 4. The van der Waals surface area contributed by atoms with Crippen molar-refractivity contribution in [3.05, 3.63) is 58.2 Å². The molecule has 1 saturated heterocycles. The van der Waals surface area contributed by atoms with Crippen LogP contribution < -0.4 is 19.7 Å². The van der Waals surface area contributed by atoms with Crippen LogP contribution in [0.1, 0.15) is 12.5 Å². The molecule has 2 aromatic carbocycles. The van der Waals surface area contributed by atoms with Gasteiger partial charge in [0.15, 0.2) is 5.11 Å². The van der Waals surface area contributed by atoms with E-state index >= 15 is 0 Å². The van der Waals surface area contributed by atoms with Gasteiger partial charge in [0, 0.05) is 10.0 Å². The summed E-state index contributed by atoms with van der Waals surface area (Å²) in [5, 5.41) is 3.32. The van der Waals surface area contributed by atoms with Gasteiger partial charge in [0.2, 0.25) is 0 Å². The van der Waals surface area contributed by atoms with Crippen molar-refractivity contribution < 1.29 is 14.3 Å². The highest BCUT2D eigenvalue weighted by Gasteiger charge is 2.32. The Morgan fingerprint density at radius 3 is 2.62 bits per heavy atom. The number of methoxy groups -OCH3 is 1. The van der Waals surface area contributed by atoms with Crippen LogP contribution in [-0.2, 0) is 4.79 Å². The van der Waals surface area contributed by atoms with E-state index in [4.69, 9.17) is 21.7 Å². The third-order valence-electron chi connectivity index (χ3n) is 3.78. The second kappa shape index (κ2) is 7.88. The summed E-state index contributed by atoms with van der Waals surface area (Å²) in [6, 6.07) is 12.8. The molecule has 26 heavy (non-hydrogen) atoms. The lowest BCUT2D eigenvalue weighted by molar-refractivity contribution is -0.113. The molecule has 1 N–H and O–H groups in total. The lowest BCUT2D eigenvalue weighted by atomic mass is 10.1. The number of halogens is 1. The monoisotopic (exact) mass is 432 g/mol. The minimum absolute atomic E-state index is 0.220. The zero-order valence-electron chi connectivity index (χ0n) is 14.3. The number of ether oxygens (including phenoxy) is 2. The Balaban J connectivity index is 1.93. The van der Waals surface area contributed by atoms with Crippen LogP contribution in [0.2, 0.25) is 0 Å². The molecule has 2 aromatic rings. The molecule has 0 spiro atoms. The van der Waals surface area contributed by atoms with E-state index in [1.54, 1.807) is 37.5 Å². The van der Waals surface area contributed by atoms with E-state index in [-0.39, 0.29) is 5.91 Å². The minimum Gasteiger partial charge on any atom is -0.497 e. The van der Waals surface area contributed by atoms with Gasteiger partial charge < -0.3 is 14.8 Å². The Bertz CT molecular complexity index is 881. The van der Waals surface area contributed by atoms with Gasteiger partial charge in [0.05, 0.1) is 19.4 Å². The van der Waals surface area contributed by atoms with Crippen molar-refractivity contribution in [1.29, 1.82) is 0 Å². The van der Waals surface area contributed by atoms with Crippen molar-refractivity contribution in [2.45, 2.75) is 6.92 Å². The molecule has 0 saturated carbocycles. The molecule has 1 amide bonds. The van der Waals surface area contributed by atoms with Crippen LogP contribution in [0.15, 0.2) is 52.6 Å². The Morgan fingerprint density at radius 2 is 1.96 bits per heavy atom. The number of anilines is 1. The van der Waals surface area contributed by atoms with E-state index < -0.39 is 0 Å². The van der Waals surface area contributed by atoms with Crippen molar-refractivity contribution in [1.82, 2.24) is 5.32 Å². The fourth-order valence-corrected chi connectivity index (χ4v) is 3.25. The first-order valence-corrected chi connectivity index (χ1v) is 9.17. The number of thiocarbonyl (C=S) groups is 1. The number of rotatable bonds is 5. The highest BCUT2D eigenvalue weighted by atomic mass is 79.9. The van der Waals surface area contributed by atoms with Gasteiger partial charge in [-0.25, -0.2) is 0 Å². The molecular weight excluding hydrogens is 416 g/mol. The zero-order valence-corrected chi connectivity index (χ0v) is 16.7. The fraction of sp³-hybridized carbons (Fsp3) is 0.158. The molecule has 134 valence electrons. The minimum atomic E-state index is -0.220. The van der Waals surface area contributed by atoms with E-state index in [0.29, 0.717) is 34.6 Å². The maximum atomic E-state index is 12.9. The molecule has 5 nitrogen and oxygen atoms in total.